The Morgan fingerprint density at radius 1 is 0.346 bits per heavy atom. The number of unbranched alkanes of at least 4 members (excludes halogenated alkanes) is 52. The van der Waals surface area contributed by atoms with Crippen LogP contribution in [-0.2, 0) is 32.7 Å². The van der Waals surface area contributed by atoms with Gasteiger partial charge in [-0.25, -0.2) is 0 Å². The molecule has 9 nitrogen and oxygen atoms in total. The van der Waals surface area contributed by atoms with Gasteiger partial charge in [0.1, 0.15) is 19.8 Å². The predicted octanol–water partition coefficient (Wildman–Crippen LogP) is 21.5. The highest BCUT2D eigenvalue weighted by atomic mass is 31.2. The van der Waals surface area contributed by atoms with Crippen molar-refractivity contribution < 1.29 is 42.1 Å². The zero-order valence-corrected chi connectivity index (χ0v) is 54.1. The van der Waals surface area contributed by atoms with Crippen LogP contribution in [0.3, 0.4) is 0 Å². The number of nitrogens with zero attached hydrogens (tertiary/aromatic N) is 1. The Balaban J connectivity index is 3.97. The van der Waals surface area contributed by atoms with E-state index >= 15 is 0 Å². The van der Waals surface area contributed by atoms with Crippen molar-refractivity contribution in [3.05, 3.63) is 0 Å². The minimum atomic E-state index is -4.63. The predicted molar refractivity (Wildman–Crippen MR) is 333 cm³/mol. The van der Waals surface area contributed by atoms with E-state index in [2.05, 4.69) is 13.8 Å². The molecule has 2 unspecified atom stereocenters. The molecule has 0 rings (SSSR count). The lowest BCUT2D eigenvalue weighted by atomic mass is 10.0. The fraction of sp³-hybridized carbons (Fsp3) is 0.971. The van der Waals surface area contributed by atoms with Crippen LogP contribution < -0.4 is 4.89 Å². The zero-order valence-electron chi connectivity index (χ0n) is 53.2. The Bertz CT molecular complexity index is 1280. The van der Waals surface area contributed by atoms with Gasteiger partial charge in [0.2, 0.25) is 0 Å². The second-order valence-electron chi connectivity index (χ2n) is 25.3. The first-order valence-corrected chi connectivity index (χ1v) is 36.2. The molecule has 0 aromatic carbocycles. The molecule has 2 atom stereocenters. The fourth-order valence-electron chi connectivity index (χ4n) is 10.8. The quantitative estimate of drug-likeness (QED) is 0.0256. The van der Waals surface area contributed by atoms with Crippen molar-refractivity contribution in [1.82, 2.24) is 0 Å². The van der Waals surface area contributed by atoms with Gasteiger partial charge in [-0.3, -0.25) is 14.2 Å². The van der Waals surface area contributed by atoms with Crippen molar-refractivity contribution in [3.8, 4) is 0 Å². The van der Waals surface area contributed by atoms with Gasteiger partial charge in [0.25, 0.3) is 7.82 Å². The first-order chi connectivity index (χ1) is 38.0. The van der Waals surface area contributed by atoms with Crippen LogP contribution in [0.15, 0.2) is 0 Å². The molecular formula is C68H136NO8P. The van der Waals surface area contributed by atoms with Gasteiger partial charge < -0.3 is 27.9 Å². The van der Waals surface area contributed by atoms with Crippen LogP contribution in [0.5, 0.6) is 0 Å². The molecule has 0 spiro atoms. The van der Waals surface area contributed by atoms with Gasteiger partial charge in [-0.15, -0.1) is 0 Å². The van der Waals surface area contributed by atoms with Gasteiger partial charge in [0, 0.05) is 12.8 Å². The molecule has 0 aliphatic carbocycles. The van der Waals surface area contributed by atoms with Crippen molar-refractivity contribution in [1.29, 1.82) is 0 Å². The number of hydrogen-bond donors (Lipinski definition) is 0. The van der Waals surface area contributed by atoms with Gasteiger partial charge in [-0.1, -0.05) is 348 Å². The zero-order chi connectivity index (χ0) is 57.0. The number of rotatable bonds is 66. The molecule has 0 saturated carbocycles. The van der Waals surface area contributed by atoms with Crippen molar-refractivity contribution >= 4 is 19.8 Å². The van der Waals surface area contributed by atoms with E-state index in [0.717, 1.165) is 32.1 Å². The molecule has 78 heavy (non-hydrogen) atoms. The van der Waals surface area contributed by atoms with Crippen LogP contribution in [-0.4, -0.2) is 70.0 Å². The first kappa shape index (κ1) is 77.0. The summed E-state index contributed by atoms with van der Waals surface area (Å²) < 4.78 is 34.3. The highest BCUT2D eigenvalue weighted by Crippen LogP contribution is 2.38. The Hall–Kier alpha value is -0.990. The standard InChI is InChI=1S/C68H136NO8P/c1-6-8-10-12-14-16-18-20-22-24-26-28-30-32-33-34-35-36-37-39-41-43-45-47-49-51-53-55-57-59-61-68(71)77-66(65-76-78(72,73)75-63-62-69(3,4)5)64-74-67(70)60-58-56-54-52-50-48-46-44-42-40-38-31-29-27-25-23-21-19-17-15-13-11-9-7-2/h66H,6-65H2,1-5H3. The van der Waals surface area contributed by atoms with E-state index in [-0.39, 0.29) is 32.0 Å². The van der Waals surface area contributed by atoms with Crippen LogP contribution in [0.4, 0.5) is 0 Å². The van der Waals surface area contributed by atoms with Crippen molar-refractivity contribution in [3.63, 3.8) is 0 Å². The molecule has 0 aliphatic heterocycles. The maximum atomic E-state index is 12.9. The lowest BCUT2D eigenvalue weighted by molar-refractivity contribution is -0.870. The highest BCUT2D eigenvalue weighted by molar-refractivity contribution is 7.45. The van der Waals surface area contributed by atoms with Crippen molar-refractivity contribution in [2.45, 2.75) is 380 Å². The van der Waals surface area contributed by atoms with E-state index in [4.69, 9.17) is 18.5 Å². The lowest BCUT2D eigenvalue weighted by Crippen LogP contribution is -2.37. The SMILES string of the molecule is CCCCCCCCCCCCCCCCCCCCCCCCCCCCCCCCC(=O)OC(COC(=O)CCCCCCCCCCCCCCCCCCCCCCCCCC)COP(=O)([O-])OCC[N+](C)(C)C. The van der Waals surface area contributed by atoms with Crippen LogP contribution in [0.1, 0.15) is 373 Å². The number of phosphoric ester groups is 1. The summed E-state index contributed by atoms with van der Waals surface area (Å²) in [5, 5.41) is 0. The summed E-state index contributed by atoms with van der Waals surface area (Å²) >= 11 is 0. The molecule has 0 saturated heterocycles. The average molecular weight is 1130 g/mol. The van der Waals surface area contributed by atoms with Crippen LogP contribution >= 0.6 is 7.82 Å². The molecule has 0 aromatic rings. The topological polar surface area (TPSA) is 111 Å². The van der Waals surface area contributed by atoms with Gasteiger partial charge in [-0.2, -0.15) is 0 Å². The summed E-state index contributed by atoms with van der Waals surface area (Å²) in [6.45, 7) is 4.34. The maximum Gasteiger partial charge on any atom is 0.306 e. The normalized spacial score (nSPS) is 13.1. The summed E-state index contributed by atoms with van der Waals surface area (Å²) in [7, 11) is 1.20. The number of carbonyl (C=O) groups is 2. The van der Waals surface area contributed by atoms with Crippen molar-refractivity contribution in [2.24, 2.45) is 0 Å². The number of carbonyl (C=O) groups excluding carboxylic acids is 2. The van der Waals surface area contributed by atoms with E-state index in [1.807, 2.05) is 21.1 Å². The molecule has 0 amide bonds. The number of phosphoric acid groups is 1. The third kappa shape index (κ3) is 64.2. The Morgan fingerprint density at radius 2 is 0.577 bits per heavy atom. The van der Waals surface area contributed by atoms with Crippen LogP contribution in [0, 0.1) is 0 Å². The third-order valence-electron chi connectivity index (χ3n) is 16.1. The molecule has 0 aromatic heterocycles. The molecule has 0 fully saturated rings. The molecule has 466 valence electrons. The van der Waals surface area contributed by atoms with Gasteiger partial charge >= 0.3 is 11.9 Å². The van der Waals surface area contributed by atoms with E-state index in [1.54, 1.807) is 0 Å². The number of quaternary nitrogens is 1. The van der Waals surface area contributed by atoms with Gasteiger partial charge in [0.15, 0.2) is 6.10 Å². The molecule has 10 heteroatoms. The fourth-order valence-corrected chi connectivity index (χ4v) is 11.5. The third-order valence-corrected chi connectivity index (χ3v) is 17.1. The molecule has 0 radical (unpaired) electrons. The monoisotopic (exact) mass is 1130 g/mol. The number of ether oxygens (including phenoxy) is 2. The minimum absolute atomic E-state index is 0.0248. The van der Waals surface area contributed by atoms with E-state index in [1.165, 1.54) is 308 Å². The van der Waals surface area contributed by atoms with Crippen molar-refractivity contribution in [2.75, 3.05) is 47.5 Å². The summed E-state index contributed by atoms with van der Waals surface area (Å²) in [5.41, 5.74) is 0. The molecule has 0 heterocycles. The van der Waals surface area contributed by atoms with E-state index in [9.17, 15) is 19.0 Å². The summed E-state index contributed by atoms with van der Waals surface area (Å²) in [6.07, 6.45) is 71.9. The summed E-state index contributed by atoms with van der Waals surface area (Å²) in [6, 6.07) is 0. The minimum Gasteiger partial charge on any atom is -0.756 e. The molecule has 0 N–H and O–H groups in total. The summed E-state index contributed by atoms with van der Waals surface area (Å²) in [4.78, 5) is 38.0. The first-order valence-electron chi connectivity index (χ1n) is 34.7. The second kappa shape index (κ2) is 60.6. The van der Waals surface area contributed by atoms with Crippen LogP contribution in [0.25, 0.3) is 0 Å². The number of likely N-dealkylation sites (N-methyl/N-ethyl adjacent to an activating group) is 1. The maximum absolute atomic E-state index is 12.9. The van der Waals surface area contributed by atoms with Crippen LogP contribution in [0.2, 0.25) is 0 Å². The second-order valence-corrected chi connectivity index (χ2v) is 26.7. The average Bonchev–Trinajstić information content (AvgIpc) is 3.41. The number of hydrogen-bond acceptors (Lipinski definition) is 8. The Kier molecular flexibility index (Phi) is 59.8. The molecule has 0 aliphatic rings. The number of esters is 2. The Morgan fingerprint density at radius 3 is 0.821 bits per heavy atom. The highest BCUT2D eigenvalue weighted by Gasteiger charge is 2.22. The smallest absolute Gasteiger partial charge is 0.306 e. The summed E-state index contributed by atoms with van der Waals surface area (Å²) in [5.74, 6) is -0.804. The molecular weight excluding hydrogens is 990 g/mol. The van der Waals surface area contributed by atoms with E-state index in [0.29, 0.717) is 17.4 Å². The van der Waals surface area contributed by atoms with E-state index < -0.39 is 26.5 Å². The largest absolute Gasteiger partial charge is 0.756 e. The van der Waals surface area contributed by atoms with Gasteiger partial charge in [0.05, 0.1) is 27.7 Å². The lowest BCUT2D eigenvalue weighted by Gasteiger charge is -2.28. The van der Waals surface area contributed by atoms with Gasteiger partial charge in [-0.05, 0) is 12.8 Å². The Labute approximate surface area is 486 Å². The molecule has 0 bridgehead atoms.